The van der Waals surface area contributed by atoms with Crippen LogP contribution in [-0.4, -0.2) is 41.5 Å². The van der Waals surface area contributed by atoms with Gasteiger partial charge in [0, 0.05) is 23.2 Å². The molecule has 0 saturated heterocycles. The first kappa shape index (κ1) is 24.3. The van der Waals surface area contributed by atoms with Gasteiger partial charge >= 0.3 is 0 Å². The zero-order chi connectivity index (χ0) is 26.5. The summed E-state index contributed by atoms with van der Waals surface area (Å²) in [6.07, 6.45) is 15.5. The minimum atomic E-state index is -0.183. The molecule has 0 N–H and O–H groups in total. The molecule has 0 unspecified atom stereocenters. The lowest BCUT2D eigenvalue weighted by atomic mass is 9.92. The Kier molecular flexibility index (Phi) is 6.10. The van der Waals surface area contributed by atoms with Gasteiger partial charge in [0.05, 0.1) is 16.6 Å². The molecule has 0 atom stereocenters. The predicted octanol–water partition coefficient (Wildman–Crippen LogP) is 5.03. The van der Waals surface area contributed by atoms with Crippen LogP contribution in [0.1, 0.15) is 84.9 Å². The molecule has 4 aliphatic rings. The molecule has 0 spiro atoms. The normalized spacial score (nSPS) is 21.2. The number of Topliss-reactive ketones (excluding diaryl/α,β-unsaturated/α-hetero) is 2. The van der Waals surface area contributed by atoms with Crippen molar-refractivity contribution < 1.29 is 9.59 Å². The summed E-state index contributed by atoms with van der Waals surface area (Å²) in [4.78, 5) is 41.8. The molecule has 7 rings (SSSR count). The Hall–Kier alpha value is -3.74. The van der Waals surface area contributed by atoms with Crippen molar-refractivity contribution in [2.75, 3.05) is 9.80 Å². The van der Waals surface area contributed by atoms with E-state index in [1.807, 2.05) is 50.3 Å². The van der Waals surface area contributed by atoms with Gasteiger partial charge in [-0.25, -0.2) is 9.97 Å². The average molecular weight is 516 g/mol. The molecule has 1 aliphatic heterocycles. The van der Waals surface area contributed by atoms with E-state index in [2.05, 4.69) is 9.80 Å². The van der Waals surface area contributed by atoms with Crippen molar-refractivity contribution >= 4 is 47.5 Å². The van der Waals surface area contributed by atoms with Crippen molar-refractivity contribution in [1.29, 1.82) is 0 Å². The van der Waals surface area contributed by atoms with Gasteiger partial charge in [0.2, 0.25) is 0 Å². The maximum absolute atomic E-state index is 13.3. The van der Waals surface area contributed by atoms with Crippen LogP contribution in [0.4, 0.5) is 11.6 Å². The van der Waals surface area contributed by atoms with Crippen LogP contribution in [0.5, 0.6) is 0 Å². The number of benzene rings is 2. The zero-order valence-electron chi connectivity index (χ0n) is 22.5. The van der Waals surface area contributed by atoms with Gasteiger partial charge in [0.25, 0.3) is 0 Å². The van der Waals surface area contributed by atoms with Gasteiger partial charge < -0.3 is 9.80 Å². The van der Waals surface area contributed by atoms with E-state index < -0.39 is 0 Å². The Balaban J connectivity index is 1.39. The van der Waals surface area contributed by atoms with Crippen molar-refractivity contribution in [2.45, 2.75) is 76.3 Å². The molecule has 2 aromatic carbocycles. The number of hydrogen-bond acceptors (Lipinski definition) is 6. The van der Waals surface area contributed by atoms with E-state index >= 15 is 0 Å². The molecule has 2 fully saturated rings. The monoisotopic (exact) mass is 516 g/mol. The smallest absolute Gasteiger partial charge is 0.197 e. The second kappa shape index (κ2) is 9.78. The summed E-state index contributed by atoms with van der Waals surface area (Å²) in [7, 11) is 1.95. The summed E-state index contributed by atoms with van der Waals surface area (Å²) in [5.41, 5.74) is 4.05. The standard InChI is InChI=1S/C32H33BN4O2/c33-20-15-16-23-25(19-20)30(39)24(29(23)38)17-18-28-36(21-9-3-1-4-10-21)31-32(37(28)22-11-5-2-6-12-22)35-27-14-8-7-13-26(27)34-31/h7-8,13-19,21-22H,1-6,9-12,33H2/b24-17+. The van der Waals surface area contributed by atoms with Crippen LogP contribution < -0.4 is 15.3 Å². The summed E-state index contributed by atoms with van der Waals surface area (Å²) in [5, 5.41) is 0. The van der Waals surface area contributed by atoms with Crippen molar-refractivity contribution in [1.82, 2.24) is 9.97 Å². The predicted molar refractivity (Wildman–Crippen MR) is 158 cm³/mol. The van der Waals surface area contributed by atoms with Crippen LogP contribution in [0, 0.1) is 0 Å². The number of fused-ring (bicyclic) bond motifs is 3. The highest BCUT2D eigenvalue weighted by atomic mass is 16.2. The van der Waals surface area contributed by atoms with E-state index in [1.165, 1.54) is 38.5 Å². The Bertz CT molecular complexity index is 1480. The average Bonchev–Trinajstić information content (AvgIpc) is 3.41. The number of para-hydroxylation sites is 2. The molecule has 0 radical (unpaired) electrons. The van der Waals surface area contributed by atoms with Crippen LogP contribution in [-0.2, 0) is 0 Å². The van der Waals surface area contributed by atoms with Gasteiger partial charge in [-0.3, -0.25) is 9.59 Å². The summed E-state index contributed by atoms with van der Waals surface area (Å²) < 4.78 is 0. The third-order valence-electron chi connectivity index (χ3n) is 8.92. The zero-order valence-corrected chi connectivity index (χ0v) is 22.5. The maximum Gasteiger partial charge on any atom is 0.197 e. The van der Waals surface area contributed by atoms with E-state index in [1.54, 1.807) is 12.1 Å². The number of hydrogen-bond donors (Lipinski definition) is 0. The van der Waals surface area contributed by atoms with Crippen LogP contribution in [0.2, 0.25) is 0 Å². The lowest BCUT2D eigenvalue weighted by Gasteiger charge is -2.37. The van der Waals surface area contributed by atoms with Gasteiger partial charge in [-0.05, 0) is 50.0 Å². The first-order valence-electron chi connectivity index (χ1n) is 14.6. The number of carbonyl (C=O) groups excluding carboxylic acids is 2. The third-order valence-corrected chi connectivity index (χ3v) is 8.92. The van der Waals surface area contributed by atoms with E-state index in [4.69, 9.17) is 9.97 Å². The molecule has 3 aliphatic carbocycles. The maximum atomic E-state index is 13.3. The number of aromatic nitrogens is 2. The molecule has 2 heterocycles. The quantitative estimate of drug-likeness (QED) is 0.277. The lowest BCUT2D eigenvalue weighted by molar-refractivity contribution is 0.0989. The number of carbonyl (C=O) groups is 2. The minimum Gasteiger partial charge on any atom is -0.306 e. The summed E-state index contributed by atoms with van der Waals surface area (Å²) in [5.74, 6) is 2.48. The molecule has 3 aromatic rings. The van der Waals surface area contributed by atoms with Gasteiger partial charge in [0.15, 0.2) is 23.2 Å². The largest absolute Gasteiger partial charge is 0.306 e. The van der Waals surface area contributed by atoms with Crippen molar-refractivity contribution in [2.24, 2.45) is 0 Å². The summed E-state index contributed by atoms with van der Waals surface area (Å²) >= 11 is 0. The highest BCUT2D eigenvalue weighted by Crippen LogP contribution is 2.46. The molecule has 1 aromatic heterocycles. The van der Waals surface area contributed by atoms with E-state index in [0.717, 1.165) is 59.6 Å². The molecule has 0 bridgehead atoms. The van der Waals surface area contributed by atoms with Crippen molar-refractivity contribution in [3.05, 3.63) is 77.1 Å². The first-order chi connectivity index (χ1) is 19.1. The molecule has 196 valence electrons. The summed E-state index contributed by atoms with van der Waals surface area (Å²) in [6.45, 7) is 0. The lowest BCUT2D eigenvalue weighted by Crippen LogP contribution is -2.42. The fourth-order valence-electron chi connectivity index (χ4n) is 6.94. The number of anilines is 2. The number of allylic oxidation sites excluding steroid dienone is 3. The van der Waals surface area contributed by atoms with E-state index in [-0.39, 0.29) is 17.1 Å². The van der Waals surface area contributed by atoms with Gasteiger partial charge in [-0.1, -0.05) is 74.3 Å². The Labute approximate surface area is 230 Å². The third kappa shape index (κ3) is 4.10. The van der Waals surface area contributed by atoms with Gasteiger partial charge in [-0.15, -0.1) is 0 Å². The van der Waals surface area contributed by atoms with Crippen LogP contribution >= 0.6 is 0 Å². The van der Waals surface area contributed by atoms with Crippen molar-refractivity contribution in [3.63, 3.8) is 0 Å². The van der Waals surface area contributed by atoms with Crippen LogP contribution in [0.15, 0.2) is 66.0 Å². The van der Waals surface area contributed by atoms with Crippen molar-refractivity contribution in [3.8, 4) is 0 Å². The fraction of sp³-hybridized carbons (Fsp3) is 0.375. The summed E-state index contributed by atoms with van der Waals surface area (Å²) in [6, 6.07) is 14.2. The molecule has 0 amide bonds. The number of nitrogens with zero attached hydrogens (tertiary/aromatic N) is 4. The van der Waals surface area contributed by atoms with E-state index in [0.29, 0.717) is 23.2 Å². The second-order valence-corrected chi connectivity index (χ2v) is 11.5. The number of rotatable bonds is 3. The molecule has 2 saturated carbocycles. The second-order valence-electron chi connectivity index (χ2n) is 11.5. The van der Waals surface area contributed by atoms with Gasteiger partial charge in [-0.2, -0.15) is 0 Å². The topological polar surface area (TPSA) is 66.4 Å². The van der Waals surface area contributed by atoms with Crippen LogP contribution in [0.3, 0.4) is 0 Å². The molecular weight excluding hydrogens is 483 g/mol. The number of ketones is 2. The molecule has 39 heavy (non-hydrogen) atoms. The SMILES string of the molecule is Bc1ccc2c(c1)C(=O)/C(=C/C=C1N(C3CCCCC3)c3nc4ccccc4nc3N1C1CCCCC1)C2=O. The highest BCUT2D eigenvalue weighted by molar-refractivity contribution is 6.41. The van der Waals surface area contributed by atoms with Gasteiger partial charge in [0.1, 0.15) is 13.7 Å². The molecule has 7 heteroatoms. The Morgan fingerprint density at radius 1 is 0.692 bits per heavy atom. The molecular formula is C32H33BN4O2. The molecule has 6 nitrogen and oxygen atoms in total. The Morgan fingerprint density at radius 2 is 1.23 bits per heavy atom. The fourth-order valence-corrected chi connectivity index (χ4v) is 6.94. The minimum absolute atomic E-state index is 0.179. The van der Waals surface area contributed by atoms with Crippen LogP contribution in [0.25, 0.3) is 11.0 Å². The first-order valence-corrected chi connectivity index (χ1v) is 14.6. The highest BCUT2D eigenvalue weighted by Gasteiger charge is 2.42. The Morgan fingerprint density at radius 3 is 1.79 bits per heavy atom. The van der Waals surface area contributed by atoms with E-state index in [9.17, 15) is 9.59 Å².